The van der Waals surface area contributed by atoms with E-state index in [4.69, 9.17) is 4.74 Å². The lowest BCUT2D eigenvalue weighted by atomic mass is 9.84. The van der Waals surface area contributed by atoms with E-state index < -0.39 is 0 Å². The number of ether oxygens (including phenoxy) is 1. The van der Waals surface area contributed by atoms with E-state index in [9.17, 15) is 4.79 Å². The lowest BCUT2D eigenvalue weighted by Gasteiger charge is -2.39. The van der Waals surface area contributed by atoms with Crippen LogP contribution < -0.4 is 0 Å². The molecule has 0 unspecified atom stereocenters. The number of amides is 1. The first-order valence-corrected chi connectivity index (χ1v) is 13.2. The number of carbonyl (C=O) groups is 1. The number of nitrogens with zero attached hydrogens (tertiary/aromatic N) is 2. The Balaban J connectivity index is 1.19. The highest BCUT2D eigenvalue weighted by Crippen LogP contribution is 2.50. The van der Waals surface area contributed by atoms with Crippen LogP contribution in [0.15, 0.2) is 92.5 Å². The fourth-order valence-electron chi connectivity index (χ4n) is 5.48. The van der Waals surface area contributed by atoms with Crippen LogP contribution in [-0.4, -0.2) is 29.1 Å². The monoisotopic (exact) mass is 482 g/mol. The third kappa shape index (κ3) is 3.13. The quantitative estimate of drug-likeness (QED) is 0.285. The van der Waals surface area contributed by atoms with Crippen molar-refractivity contribution in [1.29, 1.82) is 0 Å². The van der Waals surface area contributed by atoms with Gasteiger partial charge in [-0.1, -0.05) is 72.4 Å². The van der Waals surface area contributed by atoms with Crippen LogP contribution in [0.2, 0.25) is 0 Å². The molecule has 0 N–H and O–H groups in total. The molecule has 0 radical (unpaired) electrons. The van der Waals surface area contributed by atoms with Gasteiger partial charge in [0.05, 0.1) is 17.1 Å². The molecular weight excluding hydrogens is 460 g/mol. The minimum absolute atomic E-state index is 0.130. The summed E-state index contributed by atoms with van der Waals surface area (Å²) in [6.45, 7) is 2.36. The van der Waals surface area contributed by atoms with Crippen molar-refractivity contribution in [1.82, 2.24) is 4.90 Å². The third-order valence-electron chi connectivity index (χ3n) is 7.20. The third-order valence-corrected chi connectivity index (χ3v) is 9.47. The molecule has 1 amide bonds. The molecule has 7 rings (SSSR count). The summed E-state index contributed by atoms with van der Waals surface area (Å²) in [5, 5.41) is 0.821. The fraction of sp³-hybridized carbons (Fsp3) is 0.214. The van der Waals surface area contributed by atoms with Crippen LogP contribution in [0.4, 0.5) is 0 Å². The Hall–Kier alpha value is -2.80. The number of hydrogen-bond donors (Lipinski definition) is 0. The zero-order valence-corrected chi connectivity index (χ0v) is 20.1. The van der Waals surface area contributed by atoms with Gasteiger partial charge in [0.25, 0.3) is 5.91 Å². The van der Waals surface area contributed by atoms with Gasteiger partial charge in [-0.05, 0) is 59.0 Å². The maximum Gasteiger partial charge on any atom is 0.286 e. The molecule has 1 spiro atoms. The Bertz CT molecular complexity index is 1360. The number of amidine groups is 1. The van der Waals surface area contributed by atoms with E-state index in [-0.39, 0.29) is 11.5 Å². The summed E-state index contributed by atoms with van der Waals surface area (Å²) in [5.41, 5.74) is 5.70. The molecule has 0 saturated carbocycles. The summed E-state index contributed by atoms with van der Waals surface area (Å²) >= 11 is 3.30. The first-order chi connectivity index (χ1) is 16.7. The van der Waals surface area contributed by atoms with Crippen molar-refractivity contribution in [3.8, 4) is 0 Å². The summed E-state index contributed by atoms with van der Waals surface area (Å²) in [4.78, 5) is 23.1. The summed E-state index contributed by atoms with van der Waals surface area (Å²) < 4.78 is 6.33. The lowest BCUT2D eigenvalue weighted by Crippen LogP contribution is -2.44. The molecule has 168 valence electrons. The van der Waals surface area contributed by atoms with Gasteiger partial charge >= 0.3 is 0 Å². The highest BCUT2D eigenvalue weighted by molar-refractivity contribution is 8.18. The number of thioether (sulfide) groups is 1. The largest absolute Gasteiger partial charge is 0.365 e. The van der Waals surface area contributed by atoms with Gasteiger partial charge in [0.1, 0.15) is 0 Å². The van der Waals surface area contributed by atoms with Gasteiger partial charge in [0.2, 0.25) is 0 Å². The number of rotatable bonds is 0. The zero-order chi connectivity index (χ0) is 22.7. The molecule has 6 heteroatoms. The zero-order valence-electron chi connectivity index (χ0n) is 18.5. The molecule has 4 nitrogen and oxygen atoms in total. The van der Waals surface area contributed by atoms with E-state index in [1.165, 1.54) is 32.7 Å². The fourth-order valence-corrected chi connectivity index (χ4v) is 7.65. The molecular formula is C28H22N2O2S2. The summed E-state index contributed by atoms with van der Waals surface area (Å²) in [5.74, 6) is -0.130. The Labute approximate surface area is 207 Å². The minimum atomic E-state index is -0.194. The number of benzene rings is 3. The van der Waals surface area contributed by atoms with Crippen LogP contribution in [0.25, 0.3) is 5.57 Å². The first-order valence-electron chi connectivity index (χ1n) is 11.6. The normalized spacial score (nSPS) is 20.3. The van der Waals surface area contributed by atoms with Crippen molar-refractivity contribution in [2.75, 3.05) is 13.1 Å². The number of hydrogen-bond acceptors (Lipinski definition) is 5. The Morgan fingerprint density at radius 1 is 0.824 bits per heavy atom. The molecule has 3 aromatic carbocycles. The highest BCUT2D eigenvalue weighted by Gasteiger charge is 2.44. The first kappa shape index (κ1) is 20.6. The molecule has 4 aliphatic rings. The van der Waals surface area contributed by atoms with Crippen LogP contribution >= 0.6 is 23.5 Å². The molecule has 1 fully saturated rings. The van der Waals surface area contributed by atoms with Gasteiger partial charge in [-0.25, -0.2) is 0 Å². The molecule has 0 aromatic heterocycles. The van der Waals surface area contributed by atoms with Gasteiger partial charge in [0.15, 0.2) is 5.17 Å². The van der Waals surface area contributed by atoms with Crippen LogP contribution in [0.5, 0.6) is 0 Å². The second-order valence-corrected chi connectivity index (χ2v) is 11.1. The maximum absolute atomic E-state index is 13.2. The Morgan fingerprint density at radius 3 is 2.21 bits per heavy atom. The van der Waals surface area contributed by atoms with Gasteiger partial charge < -0.3 is 9.64 Å². The summed E-state index contributed by atoms with van der Waals surface area (Å²) in [6.07, 6.45) is 1.82. The van der Waals surface area contributed by atoms with E-state index in [1.54, 1.807) is 11.8 Å². The molecule has 4 heterocycles. The van der Waals surface area contributed by atoms with E-state index in [0.717, 1.165) is 52.7 Å². The predicted molar refractivity (Wildman–Crippen MR) is 137 cm³/mol. The number of fused-ring (bicyclic) bond motifs is 4. The molecule has 0 atom stereocenters. The SMILES string of the molecule is O=C1N=C(N2CCC3(CC2)OCc2ccccc23)SC1=C1c2ccccc2Sc2ccccc21. The van der Waals surface area contributed by atoms with Gasteiger partial charge in [-0.3, -0.25) is 4.79 Å². The number of carbonyl (C=O) groups excluding carboxylic acids is 1. The van der Waals surface area contributed by atoms with E-state index in [2.05, 4.69) is 70.6 Å². The standard InChI is InChI=1S/C28H22N2O2S2/c31-26-25(24-19-8-2-5-11-22(19)33-23-12-6-3-9-20(23)24)34-27(29-26)30-15-13-28(14-16-30)21-10-4-1-7-18(21)17-32-28/h1-12H,13-17H2. The van der Waals surface area contributed by atoms with E-state index in [1.807, 2.05) is 12.1 Å². The average Bonchev–Trinajstić information content (AvgIpc) is 3.44. The highest BCUT2D eigenvalue weighted by atomic mass is 32.2. The van der Waals surface area contributed by atoms with Crippen molar-refractivity contribution in [3.05, 3.63) is 100.0 Å². The summed E-state index contributed by atoms with van der Waals surface area (Å²) in [7, 11) is 0. The number of likely N-dealkylation sites (tertiary alicyclic amines) is 1. The van der Waals surface area contributed by atoms with Crippen LogP contribution in [0, 0.1) is 0 Å². The van der Waals surface area contributed by atoms with Crippen LogP contribution in [-0.2, 0) is 21.7 Å². The summed E-state index contributed by atoms with van der Waals surface area (Å²) in [6, 6.07) is 25.3. The Kier molecular flexibility index (Phi) is 4.76. The smallest absolute Gasteiger partial charge is 0.286 e. The van der Waals surface area contributed by atoms with Crippen molar-refractivity contribution in [2.45, 2.75) is 34.8 Å². The second-order valence-electron chi connectivity index (χ2n) is 9.03. The van der Waals surface area contributed by atoms with Gasteiger partial charge in [0, 0.05) is 28.5 Å². The van der Waals surface area contributed by atoms with Gasteiger partial charge in [-0.2, -0.15) is 4.99 Å². The molecule has 4 aliphatic heterocycles. The topological polar surface area (TPSA) is 41.9 Å². The van der Waals surface area contributed by atoms with Crippen molar-refractivity contribution < 1.29 is 9.53 Å². The lowest BCUT2D eigenvalue weighted by molar-refractivity contribution is -0.113. The number of piperidine rings is 1. The predicted octanol–water partition coefficient (Wildman–Crippen LogP) is 6.06. The van der Waals surface area contributed by atoms with Crippen LogP contribution in [0.1, 0.15) is 35.1 Å². The number of aliphatic imine (C=N–C) groups is 1. The molecule has 34 heavy (non-hydrogen) atoms. The van der Waals surface area contributed by atoms with Crippen molar-refractivity contribution in [2.24, 2.45) is 4.99 Å². The second kappa shape index (κ2) is 7.87. The van der Waals surface area contributed by atoms with Gasteiger partial charge in [-0.15, -0.1) is 0 Å². The van der Waals surface area contributed by atoms with E-state index in [0.29, 0.717) is 6.61 Å². The molecule has 0 bridgehead atoms. The average molecular weight is 483 g/mol. The van der Waals surface area contributed by atoms with Crippen molar-refractivity contribution in [3.63, 3.8) is 0 Å². The van der Waals surface area contributed by atoms with E-state index >= 15 is 0 Å². The van der Waals surface area contributed by atoms with Crippen molar-refractivity contribution >= 4 is 40.2 Å². The Morgan fingerprint density at radius 2 is 1.47 bits per heavy atom. The molecule has 1 saturated heterocycles. The minimum Gasteiger partial charge on any atom is -0.365 e. The molecule has 0 aliphatic carbocycles. The molecule has 3 aromatic rings. The maximum atomic E-state index is 13.2. The van der Waals surface area contributed by atoms with Crippen LogP contribution in [0.3, 0.4) is 0 Å².